The molecule has 0 fully saturated rings. The maximum atomic E-state index is 12.9. The van der Waals surface area contributed by atoms with Crippen molar-refractivity contribution in [2.24, 2.45) is 11.3 Å². The molecule has 0 amide bonds. The lowest BCUT2D eigenvalue weighted by Crippen LogP contribution is -2.40. The van der Waals surface area contributed by atoms with Gasteiger partial charge in [0, 0.05) is 0 Å². The molecule has 0 aromatic carbocycles. The minimum absolute atomic E-state index is 0.126. The first-order valence-corrected chi connectivity index (χ1v) is 11.5. The number of carbonyl (C=O) groups excluding carboxylic acids is 1. The summed E-state index contributed by atoms with van der Waals surface area (Å²) in [4.78, 5) is 12.9. The van der Waals surface area contributed by atoms with E-state index in [1.807, 2.05) is 0 Å². The van der Waals surface area contributed by atoms with E-state index in [2.05, 4.69) is 27.7 Å². The lowest BCUT2D eigenvalue weighted by Gasteiger charge is -2.39. The number of rotatable bonds is 16. The van der Waals surface area contributed by atoms with E-state index in [0.717, 1.165) is 19.3 Å². The number of hydrogen-bond acceptors (Lipinski definition) is 2. The summed E-state index contributed by atoms with van der Waals surface area (Å²) in [5.41, 5.74) is -0.202. The van der Waals surface area contributed by atoms with Gasteiger partial charge in [-0.25, -0.2) is 0 Å². The van der Waals surface area contributed by atoms with Gasteiger partial charge in [-0.15, -0.1) is 0 Å². The van der Waals surface area contributed by atoms with Crippen molar-refractivity contribution in [1.29, 1.82) is 0 Å². The van der Waals surface area contributed by atoms with E-state index >= 15 is 0 Å². The summed E-state index contributed by atoms with van der Waals surface area (Å²) >= 11 is 0. The van der Waals surface area contributed by atoms with Crippen LogP contribution in [0.25, 0.3) is 0 Å². The molecule has 0 rings (SSSR count). The second kappa shape index (κ2) is 15.0. The summed E-state index contributed by atoms with van der Waals surface area (Å²) in [6.45, 7) is 9.00. The molecule has 0 saturated heterocycles. The number of unbranched alkanes of at least 4 members (excludes halogenated alkanes) is 6. The van der Waals surface area contributed by atoms with Crippen LogP contribution >= 0.6 is 0 Å². The zero-order chi connectivity index (χ0) is 18.3. The Morgan fingerprint density at radius 1 is 0.792 bits per heavy atom. The molecular formula is C21H44O2Si. The summed E-state index contributed by atoms with van der Waals surface area (Å²) < 4.78 is 5.48. The van der Waals surface area contributed by atoms with Crippen molar-refractivity contribution < 1.29 is 9.22 Å². The zero-order valence-corrected chi connectivity index (χ0v) is 19.3. The highest BCUT2D eigenvalue weighted by molar-refractivity contribution is 6.06. The molecule has 0 bridgehead atoms. The molecular weight excluding hydrogens is 312 g/mol. The van der Waals surface area contributed by atoms with E-state index in [9.17, 15) is 4.79 Å². The molecule has 0 spiro atoms. The number of hydrogen-bond donors (Lipinski definition) is 0. The maximum Gasteiger partial charge on any atom is 0.298 e. The smallest absolute Gasteiger partial charge is 0.298 e. The Bertz CT molecular complexity index is 306. The Morgan fingerprint density at radius 2 is 1.42 bits per heavy atom. The predicted octanol–water partition coefficient (Wildman–Crippen LogP) is 5.95. The highest BCUT2D eigenvalue weighted by atomic mass is 28.2. The third kappa shape index (κ3) is 8.18. The van der Waals surface area contributed by atoms with E-state index in [1.54, 1.807) is 0 Å². The van der Waals surface area contributed by atoms with E-state index < -0.39 is 0 Å². The monoisotopic (exact) mass is 356 g/mol. The molecule has 144 valence electrons. The van der Waals surface area contributed by atoms with Crippen molar-refractivity contribution in [3.63, 3.8) is 0 Å². The molecule has 0 aromatic heterocycles. The minimum Gasteiger partial charge on any atom is -0.528 e. The van der Waals surface area contributed by atoms with Crippen molar-refractivity contribution in [2.75, 3.05) is 0 Å². The summed E-state index contributed by atoms with van der Waals surface area (Å²) in [5.74, 6) is 0.642. The predicted molar refractivity (Wildman–Crippen MR) is 109 cm³/mol. The van der Waals surface area contributed by atoms with Gasteiger partial charge in [-0.2, -0.15) is 0 Å². The molecule has 2 atom stereocenters. The summed E-state index contributed by atoms with van der Waals surface area (Å²) in [6.07, 6.45) is 16.8. The third-order valence-electron chi connectivity index (χ3n) is 5.59. The van der Waals surface area contributed by atoms with Gasteiger partial charge < -0.3 is 4.43 Å². The fourth-order valence-electron chi connectivity index (χ4n) is 4.28. The van der Waals surface area contributed by atoms with Crippen LogP contribution < -0.4 is 0 Å². The van der Waals surface area contributed by atoms with Crippen LogP contribution in [0, 0.1) is 11.3 Å². The molecule has 0 aliphatic carbocycles. The highest BCUT2D eigenvalue weighted by Gasteiger charge is 2.44. The molecule has 0 saturated carbocycles. The second-order valence-corrected chi connectivity index (χ2v) is 7.95. The molecule has 2 nitrogen and oxygen atoms in total. The fraction of sp³-hybridized carbons (Fsp3) is 0.952. The molecule has 24 heavy (non-hydrogen) atoms. The lowest BCUT2D eigenvalue weighted by atomic mass is 9.65. The first-order chi connectivity index (χ1) is 11.6. The molecule has 0 aliphatic rings. The van der Waals surface area contributed by atoms with Gasteiger partial charge in [-0.3, -0.25) is 4.79 Å². The lowest BCUT2D eigenvalue weighted by molar-refractivity contribution is -0.151. The average molecular weight is 357 g/mol. The summed E-state index contributed by atoms with van der Waals surface area (Å²) in [5, 5.41) is 0. The molecule has 0 heterocycles. The van der Waals surface area contributed by atoms with Crippen LogP contribution in [0.5, 0.6) is 0 Å². The standard InChI is InChI=1S/C21H44O2Si/c1-5-9-11-13-16-19(15-7-3)21(17-8-4,20(22)23-24)18-14-12-10-6-2/h19H,5-18H2,1-4,24H3. The van der Waals surface area contributed by atoms with E-state index in [1.165, 1.54) is 70.6 Å². The SMILES string of the molecule is CCCCCCC(CCC)C(CCC)(CCCCCC)C(=O)O[SiH3]. The zero-order valence-electron chi connectivity index (χ0n) is 17.3. The molecule has 0 aliphatic heterocycles. The Kier molecular flexibility index (Phi) is 14.8. The molecule has 2 unspecified atom stereocenters. The van der Waals surface area contributed by atoms with Crippen LogP contribution in [0.2, 0.25) is 0 Å². The normalized spacial score (nSPS) is 15.2. The third-order valence-corrected chi connectivity index (χ3v) is 5.96. The molecule has 0 aromatic rings. The van der Waals surface area contributed by atoms with Crippen LogP contribution in [-0.4, -0.2) is 16.5 Å². The Labute approximate surface area is 155 Å². The topological polar surface area (TPSA) is 26.3 Å². The average Bonchev–Trinajstić information content (AvgIpc) is 2.59. The first-order valence-electron chi connectivity index (χ1n) is 10.7. The largest absolute Gasteiger partial charge is 0.528 e. The van der Waals surface area contributed by atoms with Crippen molar-refractivity contribution in [1.82, 2.24) is 0 Å². The van der Waals surface area contributed by atoms with Crippen molar-refractivity contribution >= 4 is 16.5 Å². The number of carbonyl (C=O) groups is 1. The van der Waals surface area contributed by atoms with Crippen LogP contribution in [0.1, 0.15) is 118 Å². The van der Waals surface area contributed by atoms with E-state index in [0.29, 0.717) is 16.4 Å². The Balaban J connectivity index is 5.16. The summed E-state index contributed by atoms with van der Waals surface area (Å²) in [6, 6.07) is 0. The first kappa shape index (κ1) is 23.7. The van der Waals surface area contributed by atoms with Crippen LogP contribution in [0.4, 0.5) is 0 Å². The van der Waals surface area contributed by atoms with E-state index in [4.69, 9.17) is 4.43 Å². The van der Waals surface area contributed by atoms with E-state index in [-0.39, 0.29) is 11.4 Å². The van der Waals surface area contributed by atoms with Gasteiger partial charge in [-0.05, 0) is 31.6 Å². The Morgan fingerprint density at radius 3 is 1.92 bits per heavy atom. The Hall–Kier alpha value is -0.313. The molecule has 0 radical (unpaired) electrons. The van der Waals surface area contributed by atoms with Gasteiger partial charge in [0.05, 0.1) is 5.41 Å². The van der Waals surface area contributed by atoms with Gasteiger partial charge in [0.1, 0.15) is 0 Å². The maximum absolute atomic E-state index is 12.9. The van der Waals surface area contributed by atoms with Crippen molar-refractivity contribution in [3.8, 4) is 0 Å². The van der Waals surface area contributed by atoms with Gasteiger partial charge in [0.15, 0.2) is 0 Å². The van der Waals surface area contributed by atoms with Gasteiger partial charge in [-0.1, -0.05) is 91.9 Å². The second-order valence-electron chi connectivity index (χ2n) is 7.54. The van der Waals surface area contributed by atoms with Crippen molar-refractivity contribution in [2.45, 2.75) is 118 Å². The quantitative estimate of drug-likeness (QED) is 0.252. The fourth-order valence-corrected chi connectivity index (χ4v) is 4.69. The summed E-state index contributed by atoms with van der Waals surface area (Å²) in [7, 11) is 0.527. The van der Waals surface area contributed by atoms with Crippen molar-refractivity contribution in [3.05, 3.63) is 0 Å². The van der Waals surface area contributed by atoms with Crippen LogP contribution in [0.15, 0.2) is 0 Å². The van der Waals surface area contributed by atoms with Crippen LogP contribution in [0.3, 0.4) is 0 Å². The van der Waals surface area contributed by atoms with Gasteiger partial charge >= 0.3 is 0 Å². The van der Waals surface area contributed by atoms with Gasteiger partial charge in [0.25, 0.3) is 5.97 Å². The van der Waals surface area contributed by atoms with Gasteiger partial charge in [0.2, 0.25) is 10.5 Å². The molecule has 0 N–H and O–H groups in total. The van der Waals surface area contributed by atoms with Crippen LogP contribution in [-0.2, 0) is 9.22 Å². The minimum atomic E-state index is -0.202. The molecule has 3 heteroatoms. The highest BCUT2D eigenvalue weighted by Crippen LogP contribution is 2.44.